The molecule has 1 heterocycles. The quantitative estimate of drug-likeness (QED) is 0.894. The highest BCUT2D eigenvalue weighted by Crippen LogP contribution is 2.20. The van der Waals surface area contributed by atoms with Gasteiger partial charge in [0.25, 0.3) is 0 Å². The van der Waals surface area contributed by atoms with Crippen LogP contribution < -0.4 is 0 Å². The summed E-state index contributed by atoms with van der Waals surface area (Å²) >= 11 is 3.42. The first-order valence-electron chi connectivity index (χ1n) is 4.51. The average Bonchev–Trinajstić information content (AvgIpc) is 2.54. The van der Waals surface area contributed by atoms with Gasteiger partial charge in [-0.2, -0.15) is 0 Å². The highest BCUT2D eigenvalue weighted by molar-refractivity contribution is 9.10. The Hall–Kier alpha value is -0.870. The zero-order valence-electron chi connectivity index (χ0n) is 7.87. The number of fused-ring (bicyclic) bond motifs is 1. The second kappa shape index (κ2) is 3.71. The lowest BCUT2D eigenvalue weighted by molar-refractivity contribution is 0.266. The van der Waals surface area contributed by atoms with Crippen molar-refractivity contribution in [1.29, 1.82) is 0 Å². The van der Waals surface area contributed by atoms with Gasteiger partial charge in [-0.05, 0) is 25.1 Å². The summed E-state index contributed by atoms with van der Waals surface area (Å²) in [6.07, 6.45) is 0. The minimum Gasteiger partial charge on any atom is -0.388 e. The van der Waals surface area contributed by atoms with Gasteiger partial charge in [0.15, 0.2) is 0 Å². The Labute approximate surface area is 90.5 Å². The van der Waals surface area contributed by atoms with Gasteiger partial charge in [-0.25, -0.2) is 4.98 Å². The van der Waals surface area contributed by atoms with Gasteiger partial charge < -0.3 is 9.67 Å². The molecule has 1 aromatic heterocycles. The van der Waals surface area contributed by atoms with Crippen LogP contribution in [0.25, 0.3) is 11.0 Å². The molecule has 0 bridgehead atoms. The number of rotatable bonds is 2. The number of benzene rings is 1. The number of aliphatic hydroxyl groups is 1. The largest absolute Gasteiger partial charge is 0.388 e. The number of hydrogen-bond acceptors (Lipinski definition) is 2. The van der Waals surface area contributed by atoms with Crippen LogP contribution in [0.4, 0.5) is 0 Å². The van der Waals surface area contributed by atoms with Crippen LogP contribution in [0.15, 0.2) is 22.7 Å². The van der Waals surface area contributed by atoms with Crippen LogP contribution in [0.1, 0.15) is 12.7 Å². The molecular formula is C10H11BrN2O. The maximum atomic E-state index is 9.12. The third kappa shape index (κ3) is 1.44. The Morgan fingerprint density at radius 1 is 1.50 bits per heavy atom. The second-order valence-corrected chi connectivity index (χ2v) is 3.98. The summed E-state index contributed by atoms with van der Waals surface area (Å²) in [5.41, 5.74) is 1.99. The third-order valence-corrected chi connectivity index (χ3v) is 2.74. The van der Waals surface area contributed by atoms with E-state index in [0.717, 1.165) is 27.9 Å². The third-order valence-electron chi connectivity index (χ3n) is 2.25. The van der Waals surface area contributed by atoms with Gasteiger partial charge in [-0.3, -0.25) is 0 Å². The van der Waals surface area contributed by atoms with Crippen LogP contribution in [-0.2, 0) is 13.2 Å². The van der Waals surface area contributed by atoms with Gasteiger partial charge in [0.2, 0.25) is 0 Å². The SMILES string of the molecule is CCn1c(CO)nc2ccc(Br)cc21. The predicted octanol–water partition coefficient (Wildman–Crippen LogP) is 2.31. The molecule has 14 heavy (non-hydrogen) atoms. The van der Waals surface area contributed by atoms with Crippen LogP contribution in [0, 0.1) is 0 Å². The van der Waals surface area contributed by atoms with Gasteiger partial charge >= 0.3 is 0 Å². The highest BCUT2D eigenvalue weighted by atomic mass is 79.9. The lowest BCUT2D eigenvalue weighted by Crippen LogP contribution is -2.00. The lowest BCUT2D eigenvalue weighted by atomic mass is 10.3. The van der Waals surface area contributed by atoms with E-state index in [1.54, 1.807) is 0 Å². The van der Waals surface area contributed by atoms with Gasteiger partial charge in [0.1, 0.15) is 12.4 Å². The molecule has 0 amide bonds. The fourth-order valence-corrected chi connectivity index (χ4v) is 1.97. The standard InChI is InChI=1S/C10H11BrN2O/c1-2-13-9-5-7(11)3-4-8(9)12-10(13)6-14/h3-5,14H,2,6H2,1H3. The van der Waals surface area contributed by atoms with Crippen molar-refractivity contribution >= 4 is 27.0 Å². The smallest absolute Gasteiger partial charge is 0.135 e. The van der Waals surface area contributed by atoms with E-state index >= 15 is 0 Å². The van der Waals surface area contributed by atoms with Crippen LogP contribution in [-0.4, -0.2) is 14.7 Å². The molecule has 2 rings (SSSR count). The lowest BCUT2D eigenvalue weighted by Gasteiger charge is -2.02. The molecule has 1 N–H and O–H groups in total. The molecule has 0 atom stereocenters. The van der Waals surface area contributed by atoms with Gasteiger partial charge in [0, 0.05) is 11.0 Å². The van der Waals surface area contributed by atoms with Crippen LogP contribution in [0.3, 0.4) is 0 Å². The van der Waals surface area contributed by atoms with E-state index in [4.69, 9.17) is 5.11 Å². The molecule has 1 aromatic carbocycles. The zero-order chi connectivity index (χ0) is 10.1. The van der Waals surface area contributed by atoms with Crippen LogP contribution in [0.2, 0.25) is 0 Å². The Morgan fingerprint density at radius 3 is 2.93 bits per heavy atom. The Morgan fingerprint density at radius 2 is 2.29 bits per heavy atom. The minimum absolute atomic E-state index is 0.0138. The maximum Gasteiger partial charge on any atom is 0.135 e. The molecular weight excluding hydrogens is 244 g/mol. The Balaban J connectivity index is 2.74. The highest BCUT2D eigenvalue weighted by Gasteiger charge is 2.07. The zero-order valence-corrected chi connectivity index (χ0v) is 9.45. The Kier molecular flexibility index (Phi) is 2.56. The van der Waals surface area contributed by atoms with Crippen molar-refractivity contribution in [3.63, 3.8) is 0 Å². The summed E-state index contributed by atoms with van der Waals surface area (Å²) in [6, 6.07) is 5.92. The molecule has 3 nitrogen and oxygen atoms in total. The van der Waals surface area contributed by atoms with E-state index < -0.39 is 0 Å². The van der Waals surface area contributed by atoms with E-state index in [1.807, 2.05) is 29.7 Å². The van der Waals surface area contributed by atoms with Crippen molar-refractivity contribution < 1.29 is 5.11 Å². The maximum absolute atomic E-state index is 9.12. The first-order chi connectivity index (χ1) is 6.76. The first-order valence-corrected chi connectivity index (χ1v) is 5.31. The Bertz CT molecular complexity index is 464. The summed E-state index contributed by atoms with van der Waals surface area (Å²) in [5.74, 6) is 0.723. The van der Waals surface area contributed by atoms with Crippen molar-refractivity contribution in [3.05, 3.63) is 28.5 Å². The second-order valence-electron chi connectivity index (χ2n) is 3.06. The number of hydrogen-bond donors (Lipinski definition) is 1. The number of halogens is 1. The molecule has 0 aliphatic heterocycles. The molecule has 0 aliphatic rings. The normalized spacial score (nSPS) is 11.1. The molecule has 0 fully saturated rings. The molecule has 0 aliphatic carbocycles. The summed E-state index contributed by atoms with van der Waals surface area (Å²) < 4.78 is 3.05. The predicted molar refractivity (Wildman–Crippen MR) is 59.0 cm³/mol. The van der Waals surface area contributed by atoms with Crippen molar-refractivity contribution in [2.75, 3.05) is 0 Å². The van der Waals surface area contributed by atoms with Crippen molar-refractivity contribution in [1.82, 2.24) is 9.55 Å². The van der Waals surface area contributed by atoms with Crippen molar-refractivity contribution in [3.8, 4) is 0 Å². The van der Waals surface area contributed by atoms with E-state index in [0.29, 0.717) is 0 Å². The fourth-order valence-electron chi connectivity index (χ4n) is 1.62. The van der Waals surface area contributed by atoms with Gasteiger partial charge in [-0.1, -0.05) is 15.9 Å². The first kappa shape index (κ1) is 9.68. The minimum atomic E-state index is -0.0138. The van der Waals surface area contributed by atoms with Gasteiger partial charge in [0.05, 0.1) is 11.0 Å². The molecule has 0 radical (unpaired) electrons. The monoisotopic (exact) mass is 254 g/mol. The van der Waals surface area contributed by atoms with E-state index in [2.05, 4.69) is 20.9 Å². The number of aliphatic hydroxyl groups excluding tert-OH is 1. The van der Waals surface area contributed by atoms with E-state index in [9.17, 15) is 0 Å². The molecule has 2 aromatic rings. The molecule has 0 spiro atoms. The fraction of sp³-hybridized carbons (Fsp3) is 0.300. The molecule has 0 saturated carbocycles. The van der Waals surface area contributed by atoms with E-state index in [1.165, 1.54) is 0 Å². The van der Waals surface area contributed by atoms with Crippen molar-refractivity contribution in [2.24, 2.45) is 0 Å². The van der Waals surface area contributed by atoms with Crippen LogP contribution >= 0.6 is 15.9 Å². The summed E-state index contributed by atoms with van der Waals surface area (Å²) in [5, 5.41) is 9.12. The number of aryl methyl sites for hydroxylation is 1. The summed E-state index contributed by atoms with van der Waals surface area (Å²) in [4.78, 5) is 4.34. The summed E-state index contributed by atoms with van der Waals surface area (Å²) in [6.45, 7) is 2.85. The molecule has 0 saturated heterocycles. The average molecular weight is 255 g/mol. The molecule has 4 heteroatoms. The number of nitrogens with zero attached hydrogens (tertiary/aromatic N) is 2. The van der Waals surface area contributed by atoms with Crippen molar-refractivity contribution in [2.45, 2.75) is 20.1 Å². The van der Waals surface area contributed by atoms with E-state index in [-0.39, 0.29) is 6.61 Å². The number of aromatic nitrogens is 2. The topological polar surface area (TPSA) is 38.0 Å². The number of imidazole rings is 1. The summed E-state index contributed by atoms with van der Waals surface area (Å²) in [7, 11) is 0. The molecule has 74 valence electrons. The van der Waals surface area contributed by atoms with Gasteiger partial charge in [-0.15, -0.1) is 0 Å². The molecule has 0 unspecified atom stereocenters. The van der Waals surface area contributed by atoms with Crippen LogP contribution in [0.5, 0.6) is 0 Å².